The minimum atomic E-state index is -0.184. The Balaban J connectivity index is 1.81. The number of nitrogens with zero attached hydrogens (tertiary/aromatic N) is 1. The molecule has 0 aliphatic carbocycles. The molecule has 7 heteroatoms. The Labute approximate surface area is 128 Å². The van der Waals surface area contributed by atoms with E-state index in [-0.39, 0.29) is 29.2 Å². The van der Waals surface area contributed by atoms with Crippen molar-refractivity contribution in [1.29, 1.82) is 0 Å². The third-order valence-corrected chi connectivity index (χ3v) is 4.10. The van der Waals surface area contributed by atoms with Crippen LogP contribution in [0, 0.1) is 0 Å². The monoisotopic (exact) mass is 311 g/mol. The highest BCUT2D eigenvalue weighted by Crippen LogP contribution is 2.15. The molecule has 2 N–H and O–H groups in total. The van der Waals surface area contributed by atoms with Crippen LogP contribution in [0.15, 0.2) is 16.0 Å². The molecule has 2 heterocycles. The van der Waals surface area contributed by atoms with Gasteiger partial charge in [0.25, 0.3) is 5.56 Å². The van der Waals surface area contributed by atoms with Crippen molar-refractivity contribution >= 4 is 17.7 Å². The maximum absolute atomic E-state index is 11.8. The summed E-state index contributed by atoms with van der Waals surface area (Å²) in [7, 11) is 0. The number of carbonyl (C=O) groups excluding carboxylic acids is 1. The van der Waals surface area contributed by atoms with Crippen molar-refractivity contribution in [3.8, 4) is 0 Å². The number of thioether (sulfide) groups is 1. The van der Waals surface area contributed by atoms with Crippen LogP contribution in [-0.4, -0.2) is 40.9 Å². The third kappa shape index (κ3) is 5.17. The molecular weight excluding hydrogens is 290 g/mol. The number of aromatic amines is 1. The van der Waals surface area contributed by atoms with Crippen LogP contribution in [0.3, 0.4) is 0 Å². The third-order valence-electron chi connectivity index (χ3n) is 3.22. The van der Waals surface area contributed by atoms with E-state index in [0.717, 1.165) is 25.1 Å². The van der Waals surface area contributed by atoms with E-state index < -0.39 is 0 Å². The number of carbonyl (C=O) groups is 1. The molecule has 2 rings (SSSR count). The molecule has 0 spiro atoms. The largest absolute Gasteiger partial charge is 0.376 e. The first kappa shape index (κ1) is 16.0. The average Bonchev–Trinajstić information content (AvgIpc) is 2.95. The van der Waals surface area contributed by atoms with E-state index in [1.54, 1.807) is 0 Å². The van der Waals surface area contributed by atoms with Crippen LogP contribution in [0.1, 0.15) is 38.3 Å². The number of amides is 1. The SMILES string of the molecule is CC(C)c1cc(=O)[nH]c(SCC(=O)NCC2CCCO2)n1. The van der Waals surface area contributed by atoms with Gasteiger partial charge in [0.1, 0.15) is 0 Å². The maximum atomic E-state index is 11.8. The van der Waals surface area contributed by atoms with Crippen molar-refractivity contribution in [2.75, 3.05) is 18.9 Å². The predicted molar refractivity (Wildman–Crippen MR) is 81.7 cm³/mol. The van der Waals surface area contributed by atoms with Gasteiger partial charge in [0.05, 0.1) is 17.6 Å². The van der Waals surface area contributed by atoms with Gasteiger partial charge < -0.3 is 15.0 Å². The number of ether oxygens (including phenoxy) is 1. The Morgan fingerprint density at radius 1 is 1.62 bits per heavy atom. The first-order valence-corrected chi connectivity index (χ1v) is 8.15. The van der Waals surface area contributed by atoms with E-state index in [1.807, 2.05) is 13.8 Å². The molecule has 1 aromatic rings. The van der Waals surface area contributed by atoms with Crippen molar-refractivity contribution in [3.63, 3.8) is 0 Å². The highest BCUT2D eigenvalue weighted by molar-refractivity contribution is 7.99. The van der Waals surface area contributed by atoms with Crippen LogP contribution in [0.4, 0.5) is 0 Å². The lowest BCUT2D eigenvalue weighted by molar-refractivity contribution is -0.119. The molecule has 1 aliphatic rings. The smallest absolute Gasteiger partial charge is 0.251 e. The Morgan fingerprint density at radius 2 is 2.43 bits per heavy atom. The second-order valence-electron chi connectivity index (χ2n) is 5.36. The van der Waals surface area contributed by atoms with Gasteiger partial charge in [-0.25, -0.2) is 4.98 Å². The van der Waals surface area contributed by atoms with Gasteiger partial charge in [0.15, 0.2) is 5.16 Å². The minimum absolute atomic E-state index is 0.0758. The van der Waals surface area contributed by atoms with Gasteiger partial charge in [-0.1, -0.05) is 25.6 Å². The molecule has 1 fully saturated rings. The van der Waals surface area contributed by atoms with Crippen LogP contribution in [0.5, 0.6) is 0 Å². The highest BCUT2D eigenvalue weighted by Gasteiger charge is 2.16. The summed E-state index contributed by atoms with van der Waals surface area (Å²) in [5, 5.41) is 3.33. The maximum Gasteiger partial charge on any atom is 0.251 e. The van der Waals surface area contributed by atoms with Gasteiger partial charge in [0.2, 0.25) is 5.91 Å². The number of hydrogen-bond acceptors (Lipinski definition) is 5. The molecule has 0 radical (unpaired) electrons. The Kier molecular flexibility index (Phi) is 5.81. The summed E-state index contributed by atoms with van der Waals surface area (Å²) in [5.74, 6) is 0.338. The zero-order valence-electron chi connectivity index (χ0n) is 12.3. The molecule has 0 bridgehead atoms. The molecule has 0 aromatic carbocycles. The molecule has 1 unspecified atom stereocenters. The Hall–Kier alpha value is -1.34. The standard InChI is InChI=1S/C14H21N3O3S/c1-9(2)11-6-12(18)17-14(16-11)21-8-13(19)15-7-10-4-3-5-20-10/h6,9-10H,3-5,7-8H2,1-2H3,(H,15,19)(H,16,17,18). The number of nitrogens with one attached hydrogen (secondary N) is 2. The van der Waals surface area contributed by atoms with Crippen molar-refractivity contribution < 1.29 is 9.53 Å². The minimum Gasteiger partial charge on any atom is -0.376 e. The highest BCUT2D eigenvalue weighted by atomic mass is 32.2. The first-order valence-electron chi connectivity index (χ1n) is 7.17. The topological polar surface area (TPSA) is 84.1 Å². The fourth-order valence-corrected chi connectivity index (χ4v) is 2.75. The molecule has 1 amide bonds. The van der Waals surface area contributed by atoms with E-state index in [9.17, 15) is 9.59 Å². The summed E-state index contributed by atoms with van der Waals surface area (Å²) in [5.41, 5.74) is 0.553. The van der Waals surface area contributed by atoms with Gasteiger partial charge >= 0.3 is 0 Å². The normalized spacial score (nSPS) is 18.1. The number of hydrogen-bond donors (Lipinski definition) is 2. The van der Waals surface area contributed by atoms with Crippen LogP contribution in [0.2, 0.25) is 0 Å². The molecule has 116 valence electrons. The number of aromatic nitrogens is 2. The van der Waals surface area contributed by atoms with E-state index in [4.69, 9.17) is 4.74 Å². The van der Waals surface area contributed by atoms with Crippen molar-refractivity contribution in [3.05, 3.63) is 22.1 Å². The lowest BCUT2D eigenvalue weighted by atomic mass is 10.1. The van der Waals surface area contributed by atoms with E-state index in [2.05, 4.69) is 15.3 Å². The lowest BCUT2D eigenvalue weighted by Crippen LogP contribution is -2.33. The number of rotatable bonds is 6. The number of H-pyrrole nitrogens is 1. The Morgan fingerprint density at radius 3 is 3.10 bits per heavy atom. The Bertz CT molecular complexity index is 539. The molecule has 1 aromatic heterocycles. The van der Waals surface area contributed by atoms with Gasteiger partial charge in [-0.15, -0.1) is 0 Å². The zero-order valence-corrected chi connectivity index (χ0v) is 13.2. The van der Waals surface area contributed by atoms with Crippen molar-refractivity contribution in [2.45, 2.75) is 43.9 Å². The fourth-order valence-electron chi connectivity index (χ4n) is 2.04. The van der Waals surface area contributed by atoms with Crippen molar-refractivity contribution in [2.24, 2.45) is 0 Å². The fraction of sp³-hybridized carbons (Fsp3) is 0.643. The molecule has 1 saturated heterocycles. The summed E-state index contributed by atoms with van der Waals surface area (Å²) in [4.78, 5) is 30.3. The van der Waals surface area contributed by atoms with Gasteiger partial charge in [-0.05, 0) is 18.8 Å². The van der Waals surface area contributed by atoms with Gasteiger partial charge in [-0.3, -0.25) is 9.59 Å². The van der Waals surface area contributed by atoms with Gasteiger partial charge in [0, 0.05) is 19.2 Å². The molecule has 6 nitrogen and oxygen atoms in total. The first-order chi connectivity index (χ1) is 10.0. The van der Waals surface area contributed by atoms with E-state index >= 15 is 0 Å². The second-order valence-corrected chi connectivity index (χ2v) is 6.32. The van der Waals surface area contributed by atoms with Crippen molar-refractivity contribution in [1.82, 2.24) is 15.3 Å². The second kappa shape index (κ2) is 7.61. The van der Waals surface area contributed by atoms with Crippen LogP contribution < -0.4 is 10.9 Å². The van der Waals surface area contributed by atoms with Crippen LogP contribution in [-0.2, 0) is 9.53 Å². The van der Waals surface area contributed by atoms with Gasteiger partial charge in [-0.2, -0.15) is 0 Å². The molecule has 1 atom stereocenters. The molecule has 0 saturated carbocycles. The molecular formula is C14H21N3O3S. The van der Waals surface area contributed by atoms with E-state index in [0.29, 0.717) is 11.7 Å². The summed E-state index contributed by atoms with van der Waals surface area (Å²) in [6, 6.07) is 1.49. The average molecular weight is 311 g/mol. The summed E-state index contributed by atoms with van der Waals surface area (Å²) in [6.07, 6.45) is 2.20. The summed E-state index contributed by atoms with van der Waals surface area (Å²) >= 11 is 1.24. The van der Waals surface area contributed by atoms with Crippen LogP contribution in [0.25, 0.3) is 0 Å². The zero-order chi connectivity index (χ0) is 15.2. The summed E-state index contributed by atoms with van der Waals surface area (Å²) in [6.45, 7) is 5.28. The quantitative estimate of drug-likeness (QED) is 0.611. The molecule has 1 aliphatic heterocycles. The lowest BCUT2D eigenvalue weighted by Gasteiger charge is -2.10. The predicted octanol–water partition coefficient (Wildman–Crippen LogP) is 1.28. The summed E-state index contributed by atoms with van der Waals surface area (Å²) < 4.78 is 5.44. The van der Waals surface area contributed by atoms with E-state index in [1.165, 1.54) is 17.8 Å². The molecule has 21 heavy (non-hydrogen) atoms. The van der Waals surface area contributed by atoms with Crippen LogP contribution >= 0.6 is 11.8 Å².